The lowest BCUT2D eigenvalue weighted by molar-refractivity contribution is -0.104. The third kappa shape index (κ3) is 2.90. The van der Waals surface area contributed by atoms with Crippen molar-refractivity contribution in [3.63, 3.8) is 0 Å². The van der Waals surface area contributed by atoms with Gasteiger partial charge >= 0.3 is 7.60 Å². The van der Waals surface area contributed by atoms with Crippen LogP contribution in [-0.2, 0) is 13.8 Å². The molecule has 12 nitrogen and oxygen atoms in total. The fourth-order valence-corrected chi connectivity index (χ4v) is 5.46. The molecule has 2 aromatic heterocycles. The Kier molecular flexibility index (Phi) is 4.79. The van der Waals surface area contributed by atoms with Crippen LogP contribution in [0.2, 0.25) is 0 Å². The number of nitrogen functional groups attached to an aromatic ring is 1. The molecule has 30 heavy (non-hydrogen) atoms. The van der Waals surface area contributed by atoms with E-state index in [4.69, 9.17) is 15.0 Å². The van der Waals surface area contributed by atoms with Gasteiger partial charge in [0.2, 0.25) is 0 Å². The van der Waals surface area contributed by atoms with Gasteiger partial charge in [-0.2, -0.15) is 0 Å². The van der Waals surface area contributed by atoms with E-state index in [2.05, 4.69) is 15.0 Å². The summed E-state index contributed by atoms with van der Waals surface area (Å²) in [5, 5.41) is 29.6. The Labute approximate surface area is 172 Å². The second-order valence-corrected chi connectivity index (χ2v) is 10.7. The molecule has 2 bridgehead atoms. The van der Waals surface area contributed by atoms with E-state index in [9.17, 15) is 24.8 Å². The normalized spacial score (nSPS) is 32.6. The average molecular weight is 443 g/mol. The van der Waals surface area contributed by atoms with Crippen LogP contribution in [0, 0.1) is 0 Å². The molecule has 7 atom stereocenters. The predicted molar refractivity (Wildman–Crippen MR) is 104 cm³/mol. The lowest BCUT2D eigenvalue weighted by Crippen LogP contribution is -2.47. The zero-order valence-electron chi connectivity index (χ0n) is 17.0. The zero-order chi connectivity index (χ0) is 22.2. The summed E-state index contributed by atoms with van der Waals surface area (Å²) in [7, 11) is -4.53. The van der Waals surface area contributed by atoms with Crippen LogP contribution in [0.3, 0.4) is 0 Å². The average Bonchev–Trinajstić information content (AvgIpc) is 3.14. The highest BCUT2D eigenvalue weighted by Gasteiger charge is 2.60. The number of aromatic nitrogens is 4. The molecule has 166 valence electrons. The largest absolute Gasteiger partial charge is 0.387 e. The van der Waals surface area contributed by atoms with Gasteiger partial charge in [0.25, 0.3) is 0 Å². The molecule has 1 saturated heterocycles. The highest BCUT2D eigenvalue weighted by atomic mass is 31.2. The molecule has 0 saturated carbocycles. The lowest BCUT2D eigenvalue weighted by atomic mass is 9.83. The molecule has 1 fully saturated rings. The van der Waals surface area contributed by atoms with Crippen molar-refractivity contribution in [3.8, 4) is 0 Å². The van der Waals surface area contributed by atoms with Crippen molar-refractivity contribution in [1.29, 1.82) is 0 Å². The molecule has 4 heterocycles. The molecule has 0 amide bonds. The number of hydrogen-bond donors (Lipinski definition) is 5. The first-order valence-electron chi connectivity index (χ1n) is 9.58. The number of hydrogen-bond acceptors (Lipinski definition) is 10. The second-order valence-electron chi connectivity index (χ2n) is 8.51. The first kappa shape index (κ1) is 21.6. The maximum atomic E-state index is 12.9. The number of imidazole rings is 1. The van der Waals surface area contributed by atoms with Gasteiger partial charge in [-0.3, -0.25) is 13.7 Å². The molecule has 2 aliphatic heterocycles. The molecule has 0 radical (unpaired) electrons. The van der Waals surface area contributed by atoms with Gasteiger partial charge in [-0.15, -0.1) is 0 Å². The summed E-state index contributed by atoms with van der Waals surface area (Å²) in [5.74, 6) is -0.468. The minimum Gasteiger partial charge on any atom is -0.387 e. The highest BCUT2D eigenvalue weighted by molar-refractivity contribution is 7.54. The van der Waals surface area contributed by atoms with Crippen LogP contribution >= 0.6 is 7.60 Å². The number of nitrogens with zero attached hydrogens (tertiary/aromatic N) is 4. The van der Waals surface area contributed by atoms with E-state index >= 15 is 0 Å². The first-order valence-corrected chi connectivity index (χ1v) is 11.2. The van der Waals surface area contributed by atoms with Gasteiger partial charge < -0.3 is 30.7 Å². The van der Waals surface area contributed by atoms with Crippen molar-refractivity contribution in [2.75, 3.05) is 5.73 Å². The van der Waals surface area contributed by atoms with Crippen molar-refractivity contribution in [2.24, 2.45) is 0 Å². The smallest absolute Gasteiger partial charge is 0.359 e. The van der Waals surface area contributed by atoms with Crippen molar-refractivity contribution in [2.45, 2.75) is 75.5 Å². The van der Waals surface area contributed by atoms with Crippen molar-refractivity contribution < 1.29 is 34.0 Å². The topological polar surface area (TPSA) is 186 Å². The van der Waals surface area contributed by atoms with Gasteiger partial charge in [-0.25, -0.2) is 15.0 Å². The molecule has 6 N–H and O–H groups in total. The SMILES string of the molecule is CC[C@](C)(O)P(=O)(O)OC(C)(C)[C@H]1c2nc3c(N)ncnc3n2[C@@H]2OC1[C@@H](O)[C@H]2O. The summed E-state index contributed by atoms with van der Waals surface area (Å²) >= 11 is 0. The van der Waals surface area contributed by atoms with Crippen LogP contribution in [0.25, 0.3) is 11.2 Å². The van der Waals surface area contributed by atoms with Crippen LogP contribution in [0.1, 0.15) is 52.1 Å². The Bertz CT molecular complexity index is 1040. The lowest BCUT2D eigenvalue weighted by Gasteiger charge is -2.42. The number of aliphatic hydroxyl groups is 3. The van der Waals surface area contributed by atoms with Crippen molar-refractivity contribution in [1.82, 2.24) is 19.5 Å². The molecule has 4 rings (SSSR count). The molecule has 0 spiro atoms. The number of ether oxygens (including phenoxy) is 1. The molecular weight excluding hydrogens is 417 g/mol. The minimum absolute atomic E-state index is 0.0184. The van der Waals surface area contributed by atoms with Crippen LogP contribution < -0.4 is 5.73 Å². The number of aliphatic hydroxyl groups excluding tert-OH is 2. The van der Waals surface area contributed by atoms with E-state index in [1.807, 2.05) is 0 Å². The van der Waals surface area contributed by atoms with Gasteiger partial charge in [0, 0.05) is 0 Å². The monoisotopic (exact) mass is 443 g/mol. The Hall–Kier alpha value is -1.66. The quantitative estimate of drug-likeness (QED) is 0.398. The first-order chi connectivity index (χ1) is 13.8. The molecule has 0 aromatic carbocycles. The number of nitrogens with two attached hydrogens (primary N) is 1. The summed E-state index contributed by atoms with van der Waals surface area (Å²) in [6.45, 7) is 5.85. The van der Waals surface area contributed by atoms with Gasteiger partial charge in [-0.05, 0) is 27.2 Å². The van der Waals surface area contributed by atoms with E-state index in [0.29, 0.717) is 11.5 Å². The van der Waals surface area contributed by atoms with E-state index in [-0.39, 0.29) is 17.8 Å². The Morgan fingerprint density at radius 1 is 1.30 bits per heavy atom. The Morgan fingerprint density at radius 2 is 1.97 bits per heavy atom. The Balaban J connectivity index is 1.87. The minimum atomic E-state index is -4.53. The van der Waals surface area contributed by atoms with Crippen molar-refractivity contribution >= 4 is 24.6 Å². The highest BCUT2D eigenvalue weighted by Crippen LogP contribution is 2.61. The fourth-order valence-electron chi connectivity index (χ4n) is 4.11. The van der Waals surface area contributed by atoms with E-state index in [1.54, 1.807) is 6.92 Å². The third-order valence-electron chi connectivity index (χ3n) is 6.06. The van der Waals surface area contributed by atoms with E-state index < -0.39 is 49.0 Å². The molecule has 0 aliphatic carbocycles. The number of rotatable bonds is 5. The summed E-state index contributed by atoms with van der Waals surface area (Å²) in [4.78, 5) is 23.1. The molecular formula is C17H26N5O7P. The summed E-state index contributed by atoms with van der Waals surface area (Å²) in [5.41, 5.74) is 5.05. The fraction of sp³-hybridized carbons (Fsp3) is 0.706. The number of fused-ring (bicyclic) bond motifs is 6. The summed E-state index contributed by atoms with van der Waals surface area (Å²) < 4.78 is 25.9. The predicted octanol–water partition coefficient (Wildman–Crippen LogP) is 0.224. The summed E-state index contributed by atoms with van der Waals surface area (Å²) in [6, 6.07) is 0. The van der Waals surface area contributed by atoms with Gasteiger partial charge in [-0.1, -0.05) is 6.92 Å². The van der Waals surface area contributed by atoms with E-state index in [0.717, 1.165) is 0 Å². The third-order valence-corrected chi connectivity index (χ3v) is 8.31. The van der Waals surface area contributed by atoms with Crippen LogP contribution in [0.15, 0.2) is 6.33 Å². The van der Waals surface area contributed by atoms with Crippen LogP contribution in [-0.4, -0.2) is 69.0 Å². The standard InChI is InChI=1S/C17H26N5O7P/c1-5-17(4,25)30(26,27)29-16(2,3)7-11-9(23)10(24)15(28-11)22-13(7)21-8-12(18)19-6-20-14(8)22/h6-7,9-11,15,23-25H,5H2,1-4H3,(H,26,27)(H2,18,19,20)/t7-,9+,10-,11?,15-,17-/m1/s1. The van der Waals surface area contributed by atoms with Gasteiger partial charge in [0.05, 0.1) is 11.5 Å². The van der Waals surface area contributed by atoms with Crippen LogP contribution in [0.4, 0.5) is 5.82 Å². The molecule has 2 aliphatic rings. The Morgan fingerprint density at radius 3 is 2.60 bits per heavy atom. The molecule has 2 aromatic rings. The molecule has 13 heteroatoms. The van der Waals surface area contributed by atoms with E-state index in [1.165, 1.54) is 31.7 Å². The van der Waals surface area contributed by atoms with Crippen LogP contribution in [0.5, 0.6) is 0 Å². The van der Waals surface area contributed by atoms with Gasteiger partial charge in [0.15, 0.2) is 28.6 Å². The maximum Gasteiger partial charge on any atom is 0.359 e. The number of anilines is 1. The zero-order valence-corrected chi connectivity index (χ0v) is 17.9. The van der Waals surface area contributed by atoms with Gasteiger partial charge in [0.1, 0.15) is 30.5 Å². The summed E-state index contributed by atoms with van der Waals surface area (Å²) in [6.07, 6.45) is -3.31. The molecule has 2 unspecified atom stereocenters. The maximum absolute atomic E-state index is 12.9. The van der Waals surface area contributed by atoms with Crippen molar-refractivity contribution in [3.05, 3.63) is 12.2 Å². The second kappa shape index (κ2) is 6.67.